The third-order valence-electron chi connectivity index (χ3n) is 2.74. The molecular weight excluding hydrogens is 241 g/mol. The Morgan fingerprint density at radius 3 is 2.50 bits per heavy atom. The average Bonchev–Trinajstić information content (AvgIpc) is 2.71. The van der Waals surface area contributed by atoms with E-state index in [9.17, 15) is 14.0 Å². The maximum Gasteiger partial charge on any atom is 0.343 e. The molecule has 0 fully saturated rings. The molecule has 1 aromatic rings. The zero-order valence-corrected chi connectivity index (χ0v) is 10.5. The SMILES string of the molecule is Cc1ccc(C(=O)NCC(F)(C(=O)O)C(C)C)o1. The Morgan fingerprint density at radius 2 is 2.11 bits per heavy atom. The number of hydrogen-bond acceptors (Lipinski definition) is 3. The smallest absolute Gasteiger partial charge is 0.343 e. The molecule has 2 N–H and O–H groups in total. The summed E-state index contributed by atoms with van der Waals surface area (Å²) < 4.78 is 19.1. The van der Waals surface area contributed by atoms with Crippen LogP contribution in [-0.2, 0) is 4.79 Å². The minimum atomic E-state index is -2.49. The number of halogens is 1. The van der Waals surface area contributed by atoms with Gasteiger partial charge in [-0.05, 0) is 19.1 Å². The maximum absolute atomic E-state index is 14.1. The number of nitrogens with one attached hydrogen (secondary N) is 1. The van der Waals surface area contributed by atoms with E-state index < -0.39 is 30.0 Å². The van der Waals surface area contributed by atoms with Crippen LogP contribution in [-0.4, -0.2) is 29.2 Å². The number of rotatable bonds is 5. The molecule has 0 aromatic carbocycles. The highest BCUT2D eigenvalue weighted by molar-refractivity contribution is 5.92. The Kier molecular flexibility index (Phi) is 4.11. The summed E-state index contributed by atoms with van der Waals surface area (Å²) in [5, 5.41) is 11.1. The van der Waals surface area contributed by atoms with Crippen LogP contribution < -0.4 is 5.32 Å². The minimum absolute atomic E-state index is 0.0315. The van der Waals surface area contributed by atoms with Gasteiger partial charge in [-0.25, -0.2) is 9.18 Å². The number of hydrogen-bond donors (Lipinski definition) is 2. The van der Waals surface area contributed by atoms with Crippen molar-refractivity contribution in [3.05, 3.63) is 23.7 Å². The molecule has 0 spiro atoms. The maximum atomic E-state index is 14.1. The predicted molar refractivity (Wildman–Crippen MR) is 62.1 cm³/mol. The number of carbonyl (C=O) groups is 2. The molecule has 1 unspecified atom stereocenters. The fourth-order valence-electron chi connectivity index (χ4n) is 1.38. The van der Waals surface area contributed by atoms with E-state index in [2.05, 4.69) is 5.32 Å². The van der Waals surface area contributed by atoms with E-state index in [1.54, 1.807) is 13.0 Å². The summed E-state index contributed by atoms with van der Waals surface area (Å²) in [6.45, 7) is 3.95. The lowest BCUT2D eigenvalue weighted by Crippen LogP contribution is -2.49. The van der Waals surface area contributed by atoms with Crippen LogP contribution in [0.1, 0.15) is 30.2 Å². The van der Waals surface area contributed by atoms with E-state index in [0.29, 0.717) is 5.76 Å². The standard InChI is InChI=1S/C12H16FNO4/c1-7(2)12(13,11(16)17)6-14-10(15)9-5-4-8(3)18-9/h4-5,7H,6H2,1-3H3,(H,14,15)(H,16,17). The monoisotopic (exact) mass is 257 g/mol. The fourth-order valence-corrected chi connectivity index (χ4v) is 1.38. The molecule has 1 rings (SSSR count). The lowest BCUT2D eigenvalue weighted by Gasteiger charge is -2.24. The number of carboxylic acid groups (broad SMARTS) is 1. The van der Waals surface area contributed by atoms with Crippen LogP contribution in [0.4, 0.5) is 4.39 Å². The van der Waals surface area contributed by atoms with Crippen molar-refractivity contribution in [2.45, 2.75) is 26.4 Å². The van der Waals surface area contributed by atoms with Gasteiger partial charge in [0, 0.05) is 5.92 Å². The second-order valence-corrected chi connectivity index (χ2v) is 4.42. The van der Waals surface area contributed by atoms with Gasteiger partial charge in [0.2, 0.25) is 5.67 Å². The Hall–Kier alpha value is -1.85. The van der Waals surface area contributed by atoms with Gasteiger partial charge >= 0.3 is 5.97 Å². The quantitative estimate of drug-likeness (QED) is 0.842. The first kappa shape index (κ1) is 14.2. The molecule has 1 atom stereocenters. The zero-order valence-electron chi connectivity index (χ0n) is 10.5. The van der Waals surface area contributed by atoms with Crippen molar-refractivity contribution in [2.24, 2.45) is 5.92 Å². The van der Waals surface area contributed by atoms with Crippen LogP contribution in [0, 0.1) is 12.8 Å². The Labute approximate surface area is 104 Å². The first-order chi connectivity index (χ1) is 8.27. The van der Waals surface area contributed by atoms with Crippen LogP contribution in [0.15, 0.2) is 16.5 Å². The molecule has 0 bridgehead atoms. The summed E-state index contributed by atoms with van der Waals surface area (Å²) in [6, 6.07) is 3.04. The van der Waals surface area contributed by atoms with Gasteiger partial charge in [-0.3, -0.25) is 4.79 Å². The summed E-state index contributed by atoms with van der Waals surface area (Å²) in [7, 11) is 0. The van der Waals surface area contributed by atoms with Gasteiger partial charge in [-0.2, -0.15) is 0 Å². The summed E-state index contributed by atoms with van der Waals surface area (Å²) >= 11 is 0. The Bertz CT molecular complexity index is 455. The number of furan rings is 1. The van der Waals surface area contributed by atoms with E-state index in [4.69, 9.17) is 9.52 Å². The third kappa shape index (κ3) is 2.88. The second-order valence-electron chi connectivity index (χ2n) is 4.42. The first-order valence-electron chi connectivity index (χ1n) is 5.54. The van der Waals surface area contributed by atoms with Crippen molar-refractivity contribution >= 4 is 11.9 Å². The fraction of sp³-hybridized carbons (Fsp3) is 0.500. The minimum Gasteiger partial charge on any atom is -0.479 e. The molecule has 0 radical (unpaired) electrons. The molecule has 0 aliphatic carbocycles. The first-order valence-corrected chi connectivity index (χ1v) is 5.54. The van der Waals surface area contributed by atoms with Gasteiger partial charge in [0.1, 0.15) is 5.76 Å². The van der Waals surface area contributed by atoms with E-state index >= 15 is 0 Å². The number of aliphatic carboxylic acids is 1. The van der Waals surface area contributed by atoms with Crippen LogP contribution in [0.3, 0.4) is 0 Å². The van der Waals surface area contributed by atoms with Gasteiger partial charge in [-0.1, -0.05) is 13.8 Å². The number of aryl methyl sites for hydroxylation is 1. The normalized spacial score (nSPS) is 14.3. The van der Waals surface area contributed by atoms with Crippen LogP contribution in [0.5, 0.6) is 0 Å². The van der Waals surface area contributed by atoms with Crippen LogP contribution in [0.25, 0.3) is 0 Å². The van der Waals surface area contributed by atoms with Crippen molar-refractivity contribution in [3.8, 4) is 0 Å². The van der Waals surface area contributed by atoms with E-state index in [1.807, 2.05) is 0 Å². The molecule has 0 saturated heterocycles. The number of amides is 1. The molecule has 0 aliphatic heterocycles. The summed E-state index contributed by atoms with van der Waals surface area (Å²) in [6.07, 6.45) is 0. The Morgan fingerprint density at radius 1 is 1.50 bits per heavy atom. The summed E-state index contributed by atoms with van der Waals surface area (Å²) in [5.41, 5.74) is -2.49. The van der Waals surface area contributed by atoms with Crippen molar-refractivity contribution < 1.29 is 23.5 Å². The van der Waals surface area contributed by atoms with Crippen molar-refractivity contribution in [1.82, 2.24) is 5.32 Å². The molecule has 1 aromatic heterocycles. The van der Waals surface area contributed by atoms with Gasteiger partial charge in [0.05, 0.1) is 6.54 Å². The van der Waals surface area contributed by atoms with E-state index in [1.165, 1.54) is 19.9 Å². The average molecular weight is 257 g/mol. The molecular formula is C12H16FNO4. The lowest BCUT2D eigenvalue weighted by molar-refractivity contribution is -0.153. The molecule has 1 amide bonds. The molecule has 0 saturated carbocycles. The number of carbonyl (C=O) groups excluding carboxylic acids is 1. The molecule has 18 heavy (non-hydrogen) atoms. The van der Waals surface area contributed by atoms with Crippen LogP contribution in [0.2, 0.25) is 0 Å². The Balaban J connectivity index is 2.69. The van der Waals surface area contributed by atoms with Crippen LogP contribution >= 0.6 is 0 Å². The van der Waals surface area contributed by atoms with Crippen molar-refractivity contribution in [1.29, 1.82) is 0 Å². The number of carboxylic acids is 1. The van der Waals surface area contributed by atoms with Crippen molar-refractivity contribution in [2.75, 3.05) is 6.54 Å². The summed E-state index contributed by atoms with van der Waals surface area (Å²) in [4.78, 5) is 22.5. The van der Waals surface area contributed by atoms with Gasteiger partial charge < -0.3 is 14.8 Å². The number of alkyl halides is 1. The van der Waals surface area contributed by atoms with Gasteiger partial charge in [0.15, 0.2) is 5.76 Å². The third-order valence-corrected chi connectivity index (χ3v) is 2.74. The topological polar surface area (TPSA) is 79.5 Å². The highest BCUT2D eigenvalue weighted by Gasteiger charge is 2.42. The van der Waals surface area contributed by atoms with E-state index in [0.717, 1.165) is 0 Å². The van der Waals surface area contributed by atoms with Gasteiger partial charge in [0.25, 0.3) is 5.91 Å². The lowest BCUT2D eigenvalue weighted by atomic mass is 9.92. The van der Waals surface area contributed by atoms with Gasteiger partial charge in [-0.15, -0.1) is 0 Å². The van der Waals surface area contributed by atoms with E-state index in [-0.39, 0.29) is 5.76 Å². The summed E-state index contributed by atoms with van der Waals surface area (Å²) in [5.74, 6) is -2.40. The highest BCUT2D eigenvalue weighted by atomic mass is 19.1. The molecule has 6 heteroatoms. The van der Waals surface area contributed by atoms with Crippen molar-refractivity contribution in [3.63, 3.8) is 0 Å². The molecule has 1 heterocycles. The zero-order chi connectivity index (χ0) is 13.9. The molecule has 5 nitrogen and oxygen atoms in total. The highest BCUT2D eigenvalue weighted by Crippen LogP contribution is 2.22. The second kappa shape index (κ2) is 5.20. The molecule has 0 aliphatic rings. The predicted octanol–water partition coefficient (Wildman–Crippen LogP) is 1.77. The molecule has 100 valence electrons. The largest absolute Gasteiger partial charge is 0.479 e.